The van der Waals surface area contributed by atoms with E-state index in [1.165, 1.54) is 0 Å². The van der Waals surface area contributed by atoms with Crippen molar-refractivity contribution in [2.45, 2.75) is 45.3 Å². The number of ether oxygens (including phenoxy) is 2. The molecular formula is C33H34NO7P. The van der Waals surface area contributed by atoms with Crippen molar-refractivity contribution in [3.05, 3.63) is 144 Å². The predicted octanol–water partition coefficient (Wildman–Crippen LogP) is 6.75. The van der Waals surface area contributed by atoms with E-state index in [9.17, 15) is 14.2 Å². The molecule has 4 aromatic rings. The lowest BCUT2D eigenvalue weighted by Crippen LogP contribution is -2.37. The number of hydrogen-bond donors (Lipinski definition) is 1. The highest BCUT2D eigenvalue weighted by Gasteiger charge is 2.34. The van der Waals surface area contributed by atoms with Crippen LogP contribution in [0.1, 0.15) is 35.1 Å². The van der Waals surface area contributed by atoms with E-state index in [4.69, 9.17) is 18.5 Å². The first-order valence-electron chi connectivity index (χ1n) is 13.6. The van der Waals surface area contributed by atoms with Crippen LogP contribution in [0.4, 0.5) is 0 Å². The van der Waals surface area contributed by atoms with Gasteiger partial charge in [-0.05, 0) is 28.7 Å². The second-order valence-electron chi connectivity index (χ2n) is 9.48. The average Bonchev–Trinajstić information content (AvgIpc) is 3.05. The lowest BCUT2D eigenvalue weighted by Gasteiger charge is -2.24. The van der Waals surface area contributed by atoms with Crippen LogP contribution in [0.25, 0.3) is 0 Å². The molecule has 0 saturated heterocycles. The van der Waals surface area contributed by atoms with Crippen LogP contribution in [-0.2, 0) is 59.1 Å². The third kappa shape index (κ3) is 10.7. The van der Waals surface area contributed by atoms with Crippen LogP contribution in [0.5, 0.6) is 0 Å². The molecule has 42 heavy (non-hydrogen) atoms. The molecule has 0 aliphatic rings. The molecule has 0 heterocycles. The van der Waals surface area contributed by atoms with Crippen LogP contribution in [-0.4, -0.2) is 18.0 Å². The summed E-state index contributed by atoms with van der Waals surface area (Å²) in [5.41, 5.74) is 3.18. The third-order valence-corrected chi connectivity index (χ3v) is 7.76. The van der Waals surface area contributed by atoms with Crippen LogP contribution >= 0.6 is 7.75 Å². The van der Waals surface area contributed by atoms with Crippen molar-refractivity contribution in [1.82, 2.24) is 5.09 Å². The van der Waals surface area contributed by atoms with E-state index in [0.29, 0.717) is 0 Å². The van der Waals surface area contributed by atoms with Gasteiger partial charge in [-0.1, -0.05) is 121 Å². The van der Waals surface area contributed by atoms with Crippen LogP contribution in [0, 0.1) is 0 Å². The fraction of sp³-hybridized carbons (Fsp3) is 0.212. The number of carbonyl (C=O) groups is 2. The zero-order chi connectivity index (χ0) is 29.5. The molecule has 9 heteroatoms. The summed E-state index contributed by atoms with van der Waals surface area (Å²) in [7, 11) is -4.08. The summed E-state index contributed by atoms with van der Waals surface area (Å²) in [6.45, 7) is 0.0705. The summed E-state index contributed by atoms with van der Waals surface area (Å²) in [6, 6.07) is 35.7. The van der Waals surface area contributed by atoms with Crippen molar-refractivity contribution in [2.24, 2.45) is 0 Å². The van der Waals surface area contributed by atoms with E-state index in [1.807, 2.05) is 121 Å². The minimum atomic E-state index is -4.08. The first kappa shape index (κ1) is 30.9. The predicted molar refractivity (Wildman–Crippen MR) is 159 cm³/mol. The van der Waals surface area contributed by atoms with Crippen molar-refractivity contribution in [3.63, 3.8) is 0 Å². The Morgan fingerprint density at radius 1 is 0.571 bits per heavy atom. The number of carbonyl (C=O) groups excluding carboxylic acids is 2. The lowest BCUT2D eigenvalue weighted by atomic mass is 10.1. The summed E-state index contributed by atoms with van der Waals surface area (Å²) in [5.74, 6) is -1.20. The summed E-state index contributed by atoms with van der Waals surface area (Å²) in [6.07, 6.45) is -0.170. The van der Waals surface area contributed by atoms with Crippen LogP contribution in [0.3, 0.4) is 0 Å². The topological polar surface area (TPSA) is 100 Å². The number of rotatable bonds is 16. The zero-order valence-electron chi connectivity index (χ0n) is 23.2. The van der Waals surface area contributed by atoms with E-state index in [1.54, 1.807) is 0 Å². The molecule has 0 fully saturated rings. The number of nitrogens with one attached hydrogen (secondary N) is 1. The summed E-state index contributed by atoms with van der Waals surface area (Å²) >= 11 is 0. The molecule has 0 aliphatic heterocycles. The molecular weight excluding hydrogens is 553 g/mol. The Kier molecular flexibility index (Phi) is 12.1. The SMILES string of the molecule is O=C(CC[C@H](NP(=O)(OCc1ccccc1)OCc1ccccc1)C(=O)OCc1ccccc1)OCc1ccccc1. The number of benzene rings is 4. The maximum absolute atomic E-state index is 14.0. The van der Waals surface area contributed by atoms with Crippen molar-refractivity contribution in [3.8, 4) is 0 Å². The van der Waals surface area contributed by atoms with Gasteiger partial charge in [0.25, 0.3) is 0 Å². The quantitative estimate of drug-likeness (QED) is 0.113. The Morgan fingerprint density at radius 2 is 0.952 bits per heavy atom. The van der Waals surface area contributed by atoms with Gasteiger partial charge in [0.1, 0.15) is 19.3 Å². The molecule has 0 spiro atoms. The number of hydrogen-bond acceptors (Lipinski definition) is 7. The summed E-state index contributed by atoms with van der Waals surface area (Å²) in [5, 5.41) is 2.76. The van der Waals surface area contributed by atoms with Crippen molar-refractivity contribution < 1.29 is 32.7 Å². The van der Waals surface area contributed by atoms with Gasteiger partial charge in [-0.25, -0.2) is 9.65 Å². The smallest absolute Gasteiger partial charge is 0.406 e. The molecule has 0 amide bonds. The van der Waals surface area contributed by atoms with Crippen molar-refractivity contribution >= 4 is 19.7 Å². The molecule has 4 rings (SSSR count). The van der Waals surface area contributed by atoms with Gasteiger partial charge in [-0.2, -0.15) is 0 Å². The molecule has 0 aromatic heterocycles. The highest BCUT2D eigenvalue weighted by Crippen LogP contribution is 2.46. The summed E-state index contributed by atoms with van der Waals surface area (Å²) < 4.78 is 36.5. The van der Waals surface area contributed by atoms with Gasteiger partial charge in [-0.15, -0.1) is 0 Å². The Morgan fingerprint density at radius 3 is 1.38 bits per heavy atom. The van der Waals surface area contributed by atoms with Gasteiger partial charge >= 0.3 is 19.7 Å². The zero-order valence-corrected chi connectivity index (χ0v) is 24.1. The maximum Gasteiger partial charge on any atom is 0.406 e. The van der Waals surface area contributed by atoms with Crippen LogP contribution in [0.15, 0.2) is 121 Å². The second kappa shape index (κ2) is 16.4. The monoisotopic (exact) mass is 587 g/mol. The molecule has 0 unspecified atom stereocenters. The van der Waals surface area contributed by atoms with E-state index < -0.39 is 25.7 Å². The largest absolute Gasteiger partial charge is 0.461 e. The van der Waals surface area contributed by atoms with E-state index in [0.717, 1.165) is 22.3 Å². The Bertz CT molecular complexity index is 1370. The van der Waals surface area contributed by atoms with Gasteiger partial charge in [0.15, 0.2) is 0 Å². The molecule has 1 N–H and O–H groups in total. The molecule has 8 nitrogen and oxygen atoms in total. The summed E-state index contributed by atoms with van der Waals surface area (Å²) in [4.78, 5) is 25.8. The van der Waals surface area contributed by atoms with Crippen LogP contribution < -0.4 is 5.09 Å². The molecule has 218 valence electrons. The molecule has 1 atom stereocenters. The lowest BCUT2D eigenvalue weighted by molar-refractivity contribution is -0.148. The maximum atomic E-state index is 14.0. The highest BCUT2D eigenvalue weighted by atomic mass is 31.2. The Balaban J connectivity index is 1.46. The normalized spacial score (nSPS) is 11.9. The Labute approximate surface area is 246 Å². The fourth-order valence-corrected chi connectivity index (χ4v) is 5.38. The van der Waals surface area contributed by atoms with Gasteiger partial charge in [-0.3, -0.25) is 18.6 Å². The standard InChI is InChI=1S/C33H34NO7P/c35-32(38-23-27-13-5-1-6-14-27)22-21-31(33(36)39-24-28-15-7-2-8-16-28)34-42(37,40-25-29-17-9-3-10-18-29)41-26-30-19-11-4-12-20-30/h1-20,31H,21-26H2,(H,34,37)/t31-/m0/s1. The van der Waals surface area contributed by atoms with Gasteiger partial charge in [0, 0.05) is 6.42 Å². The minimum Gasteiger partial charge on any atom is -0.461 e. The molecule has 0 saturated carbocycles. The molecule has 0 radical (unpaired) electrons. The van der Waals surface area contributed by atoms with E-state index >= 15 is 0 Å². The highest BCUT2D eigenvalue weighted by molar-refractivity contribution is 7.51. The molecule has 0 aliphatic carbocycles. The van der Waals surface area contributed by atoms with Crippen molar-refractivity contribution in [1.29, 1.82) is 0 Å². The van der Waals surface area contributed by atoms with E-state index in [2.05, 4.69) is 5.09 Å². The van der Waals surface area contributed by atoms with Crippen molar-refractivity contribution in [2.75, 3.05) is 0 Å². The molecule has 4 aromatic carbocycles. The Hall–Kier alpha value is -4.07. The first-order chi connectivity index (χ1) is 20.5. The minimum absolute atomic E-state index is 0.0103. The average molecular weight is 588 g/mol. The van der Waals surface area contributed by atoms with Gasteiger partial charge in [0.2, 0.25) is 0 Å². The second-order valence-corrected chi connectivity index (χ2v) is 11.2. The molecule has 0 bridgehead atoms. The number of esters is 2. The third-order valence-electron chi connectivity index (χ3n) is 6.19. The van der Waals surface area contributed by atoms with Gasteiger partial charge in [0.05, 0.1) is 13.2 Å². The fourth-order valence-electron chi connectivity index (χ4n) is 3.91. The van der Waals surface area contributed by atoms with E-state index in [-0.39, 0.29) is 39.3 Å². The first-order valence-corrected chi connectivity index (χ1v) is 15.2. The van der Waals surface area contributed by atoms with Gasteiger partial charge < -0.3 is 9.47 Å². The van der Waals surface area contributed by atoms with Crippen LogP contribution in [0.2, 0.25) is 0 Å².